The van der Waals surface area contributed by atoms with Crippen molar-refractivity contribution in [1.82, 2.24) is 9.88 Å². The number of nitrogens with two attached hydrogens (primary N) is 1. The average molecular weight is 356 g/mol. The maximum atomic E-state index is 12.4. The Balaban J connectivity index is 1.71. The van der Waals surface area contributed by atoms with Crippen LogP contribution in [0.2, 0.25) is 0 Å². The molecular weight excluding hydrogens is 336 g/mol. The zero-order valence-electron chi connectivity index (χ0n) is 13.9. The van der Waals surface area contributed by atoms with Gasteiger partial charge in [0.2, 0.25) is 5.91 Å². The lowest BCUT2D eigenvalue weighted by atomic mass is 10.1. The van der Waals surface area contributed by atoms with Crippen molar-refractivity contribution in [3.05, 3.63) is 52.9 Å². The summed E-state index contributed by atoms with van der Waals surface area (Å²) in [7, 11) is 0. The molecule has 1 aromatic carbocycles. The molecule has 25 heavy (non-hydrogen) atoms. The number of aryl methyl sites for hydroxylation is 1. The second kappa shape index (κ2) is 7.40. The molecule has 0 aliphatic heterocycles. The van der Waals surface area contributed by atoms with Crippen LogP contribution in [0, 0.1) is 0 Å². The highest BCUT2D eigenvalue weighted by Crippen LogP contribution is 2.24. The minimum Gasteiger partial charge on any atom is -0.352 e. The normalized spacial score (nSPS) is 12.0. The first-order valence-corrected chi connectivity index (χ1v) is 8.93. The van der Waals surface area contributed by atoms with Gasteiger partial charge in [-0.25, -0.2) is 4.79 Å². The van der Waals surface area contributed by atoms with Crippen molar-refractivity contribution in [3.63, 3.8) is 0 Å². The zero-order valence-corrected chi connectivity index (χ0v) is 14.7. The van der Waals surface area contributed by atoms with Crippen LogP contribution in [0.3, 0.4) is 0 Å². The number of benzene rings is 1. The summed E-state index contributed by atoms with van der Waals surface area (Å²) in [6.45, 7) is 2.99. The predicted molar refractivity (Wildman–Crippen MR) is 101 cm³/mol. The minimum atomic E-state index is -0.645. The maximum absolute atomic E-state index is 12.4. The van der Waals surface area contributed by atoms with Crippen LogP contribution < -0.4 is 16.4 Å². The molecule has 3 rings (SSSR count). The molecule has 2 heterocycles. The molecule has 1 unspecified atom stereocenters. The Hall–Kier alpha value is -2.80. The fourth-order valence-electron chi connectivity index (χ4n) is 2.84. The summed E-state index contributed by atoms with van der Waals surface area (Å²) in [5, 5.41) is 8.49. The second-order valence-electron chi connectivity index (χ2n) is 5.70. The third-order valence-corrected chi connectivity index (χ3v) is 4.97. The smallest absolute Gasteiger partial charge is 0.312 e. The van der Waals surface area contributed by atoms with E-state index in [1.165, 1.54) is 11.3 Å². The minimum absolute atomic E-state index is 0.122. The topological polar surface area (TPSA) is 89.2 Å². The highest BCUT2D eigenvalue weighted by molar-refractivity contribution is 7.10. The first-order chi connectivity index (χ1) is 12.1. The van der Waals surface area contributed by atoms with E-state index in [1.54, 1.807) is 0 Å². The van der Waals surface area contributed by atoms with Crippen LogP contribution in [0.1, 0.15) is 24.3 Å². The number of thiophene rings is 1. The first kappa shape index (κ1) is 17.0. The molecule has 0 bridgehead atoms. The van der Waals surface area contributed by atoms with Gasteiger partial charge in [0, 0.05) is 34.2 Å². The second-order valence-corrected chi connectivity index (χ2v) is 6.68. The van der Waals surface area contributed by atoms with Gasteiger partial charge >= 0.3 is 6.03 Å². The summed E-state index contributed by atoms with van der Waals surface area (Å²) in [4.78, 5) is 24.5. The van der Waals surface area contributed by atoms with Crippen molar-refractivity contribution in [2.45, 2.75) is 25.9 Å². The van der Waals surface area contributed by atoms with Crippen molar-refractivity contribution < 1.29 is 9.59 Å². The van der Waals surface area contributed by atoms with E-state index < -0.39 is 12.1 Å². The van der Waals surface area contributed by atoms with E-state index in [2.05, 4.69) is 22.1 Å². The van der Waals surface area contributed by atoms with E-state index in [0.717, 1.165) is 28.0 Å². The Kier molecular flexibility index (Phi) is 5.04. The number of nitrogens with zero attached hydrogens (tertiary/aromatic N) is 1. The number of urea groups is 1. The molecule has 130 valence electrons. The Labute approximate surface area is 149 Å². The third kappa shape index (κ3) is 4.00. The molecule has 0 radical (unpaired) electrons. The van der Waals surface area contributed by atoms with Crippen molar-refractivity contribution in [2.75, 3.05) is 5.32 Å². The molecule has 7 heteroatoms. The fourth-order valence-corrected chi connectivity index (χ4v) is 3.61. The van der Waals surface area contributed by atoms with Gasteiger partial charge in [-0.05, 0) is 42.6 Å². The summed E-state index contributed by atoms with van der Waals surface area (Å²) < 4.78 is 2.14. The van der Waals surface area contributed by atoms with Gasteiger partial charge in [0.1, 0.15) is 0 Å². The van der Waals surface area contributed by atoms with Crippen LogP contribution in [-0.4, -0.2) is 16.5 Å². The highest BCUT2D eigenvalue weighted by Gasteiger charge is 2.18. The van der Waals surface area contributed by atoms with Gasteiger partial charge in [0.05, 0.1) is 12.5 Å². The molecule has 0 spiro atoms. The van der Waals surface area contributed by atoms with Gasteiger partial charge in [-0.2, -0.15) is 0 Å². The van der Waals surface area contributed by atoms with Crippen molar-refractivity contribution in [2.24, 2.45) is 5.73 Å². The lowest BCUT2D eigenvalue weighted by molar-refractivity contribution is -0.116. The van der Waals surface area contributed by atoms with Crippen molar-refractivity contribution in [1.29, 1.82) is 0 Å². The molecule has 0 saturated heterocycles. The Morgan fingerprint density at radius 3 is 2.80 bits per heavy atom. The van der Waals surface area contributed by atoms with Gasteiger partial charge in [0.25, 0.3) is 0 Å². The monoisotopic (exact) mass is 356 g/mol. The van der Waals surface area contributed by atoms with Crippen molar-refractivity contribution >= 4 is 39.9 Å². The number of amides is 3. The predicted octanol–water partition coefficient (Wildman–Crippen LogP) is 3.46. The van der Waals surface area contributed by atoms with E-state index >= 15 is 0 Å². The van der Waals surface area contributed by atoms with Crippen LogP contribution >= 0.6 is 11.3 Å². The molecule has 6 nitrogen and oxygen atoms in total. The third-order valence-electron chi connectivity index (χ3n) is 3.99. The molecule has 0 aliphatic carbocycles. The van der Waals surface area contributed by atoms with E-state index in [4.69, 9.17) is 5.73 Å². The van der Waals surface area contributed by atoms with Crippen molar-refractivity contribution in [3.8, 4) is 0 Å². The highest BCUT2D eigenvalue weighted by atomic mass is 32.1. The number of carbonyl (C=O) groups excluding carboxylic acids is 2. The lowest BCUT2D eigenvalue weighted by Gasteiger charge is -2.16. The van der Waals surface area contributed by atoms with Gasteiger partial charge in [0.15, 0.2) is 0 Å². The number of aromatic nitrogens is 1. The summed E-state index contributed by atoms with van der Waals surface area (Å²) in [6, 6.07) is 10.5. The molecule has 0 saturated carbocycles. The van der Waals surface area contributed by atoms with Crippen LogP contribution in [-0.2, 0) is 11.3 Å². The number of nitrogens with one attached hydrogen (secondary N) is 2. The number of primary amides is 1. The zero-order chi connectivity index (χ0) is 17.8. The quantitative estimate of drug-likeness (QED) is 0.631. The maximum Gasteiger partial charge on any atom is 0.312 e. The van der Waals surface area contributed by atoms with Crippen LogP contribution in [0.25, 0.3) is 10.9 Å². The number of hydrogen-bond donors (Lipinski definition) is 3. The Morgan fingerprint density at radius 2 is 2.12 bits per heavy atom. The molecule has 0 aliphatic rings. The van der Waals surface area contributed by atoms with E-state index in [1.807, 2.05) is 48.0 Å². The summed E-state index contributed by atoms with van der Waals surface area (Å²) >= 11 is 1.48. The molecule has 1 atom stereocenters. The molecule has 2 aromatic heterocycles. The summed E-state index contributed by atoms with van der Waals surface area (Å²) in [6.07, 6.45) is 2.15. The molecular formula is C18H20N4O2S. The first-order valence-electron chi connectivity index (χ1n) is 8.05. The number of carbonyl (C=O) groups is 2. The van der Waals surface area contributed by atoms with Crippen LogP contribution in [0.15, 0.2) is 48.0 Å². The van der Waals surface area contributed by atoms with Crippen LogP contribution in [0.4, 0.5) is 10.5 Å². The average Bonchev–Trinajstić information content (AvgIpc) is 3.23. The standard InChI is InChI=1S/C18H20N4O2S/c1-2-22-8-7-12-10-13(5-6-15(12)22)20-17(23)11-14(21-18(19)24)16-4-3-9-25-16/h3-10,14H,2,11H2,1H3,(H,20,23)(H3,19,21,24). The number of fused-ring (bicyclic) bond motifs is 1. The molecule has 4 N–H and O–H groups in total. The van der Waals surface area contributed by atoms with Gasteiger partial charge < -0.3 is 20.9 Å². The van der Waals surface area contributed by atoms with E-state index in [9.17, 15) is 9.59 Å². The Morgan fingerprint density at radius 1 is 1.28 bits per heavy atom. The number of rotatable bonds is 6. The fraction of sp³-hybridized carbons (Fsp3) is 0.222. The molecule has 0 fully saturated rings. The van der Waals surface area contributed by atoms with Gasteiger partial charge in [-0.15, -0.1) is 11.3 Å². The summed E-state index contributed by atoms with van der Waals surface area (Å²) in [5.41, 5.74) is 7.09. The number of hydrogen-bond acceptors (Lipinski definition) is 3. The van der Waals surface area contributed by atoms with E-state index in [0.29, 0.717) is 0 Å². The largest absolute Gasteiger partial charge is 0.352 e. The SMILES string of the molecule is CCn1ccc2cc(NC(=O)CC(NC(N)=O)c3cccs3)ccc21. The van der Waals surface area contributed by atoms with Gasteiger partial charge in [-0.1, -0.05) is 6.07 Å². The molecule has 3 aromatic rings. The summed E-state index contributed by atoms with van der Waals surface area (Å²) in [5.74, 6) is -0.179. The van der Waals surface area contributed by atoms with Crippen LogP contribution in [0.5, 0.6) is 0 Å². The Bertz CT molecular complexity index is 886. The number of anilines is 1. The lowest BCUT2D eigenvalue weighted by Crippen LogP contribution is -2.34. The van der Waals surface area contributed by atoms with Gasteiger partial charge in [-0.3, -0.25) is 4.79 Å². The van der Waals surface area contributed by atoms with E-state index in [-0.39, 0.29) is 12.3 Å². The molecule has 3 amide bonds.